The molecule has 8 heterocycles. The lowest BCUT2D eigenvalue weighted by molar-refractivity contribution is -0.140. The lowest BCUT2D eigenvalue weighted by Crippen LogP contribution is -2.56. The number of primary amides is 1. The molecule has 772 valence electrons. The summed E-state index contributed by atoms with van der Waals surface area (Å²) >= 11 is 1.87. The van der Waals surface area contributed by atoms with Crippen LogP contribution in [0.3, 0.4) is 0 Å². The summed E-state index contributed by atoms with van der Waals surface area (Å²) in [6, 6.07) is 22.1. The van der Waals surface area contributed by atoms with Crippen LogP contribution < -0.4 is 76.1 Å². The third-order valence-corrected chi connectivity index (χ3v) is 26.3. The van der Waals surface area contributed by atoms with Gasteiger partial charge in [0, 0.05) is 87.4 Å². The summed E-state index contributed by atoms with van der Waals surface area (Å²) in [4.78, 5) is 177. The van der Waals surface area contributed by atoms with Crippen LogP contribution in [-0.2, 0) is 64.5 Å². The number of carbonyl (C=O) groups is 12. The van der Waals surface area contributed by atoms with Crippen molar-refractivity contribution in [2.24, 2.45) is 27.6 Å². The van der Waals surface area contributed by atoms with Gasteiger partial charge < -0.3 is 94.7 Å². The molecule has 8 aliphatic rings. The standard InChI is InChI=1S/C56H65IN8O12.C52H61N7O10/c1-8-11-37-20-39-27-59-42-23-45(33(5)19-40(42)53(70)63(39)29-37)75-17-10-18-76-47-24-43-41(22-46(47)74-7)54(71)64-30-38(12-9-2)21-44(64)55(72)65(43)56(73)77-31-36-15-13-35(14-16-36)26-58-34(6)51(68)52(69)50(32(3)4)62-61-49(67)28-60-48(66)25-57;1-8-11-35-20-37-26-55-40-23-43(31(5)19-38(40)49(62)57(37)27-35)67-17-10-18-68-45-24-41-39(22-44(45)66-7)50(63)58-28-36(12-9-2)21-42(58)51(64)59(41)52(65)69-29-34-15-13-33(14-16-34)25-54-32(6)48(61)56-46(30(3)4)47(53)60/h8-9,11-16,19,22-24,27,29-30,32,34,39,44,50,55,58,62,72H,10,17-18,20-21,25-26,28,31H2,1-7H3,(H,60,66)(H,61,67);8-9,11-16,19,22-24,26-28,30,32,37,42,46,51,54,64H,10,17-18,20-21,25,29H2,1-7H3,(H2,53,60)(H,56,61)/b2*11-8+,12-9+/t34?,39-,44-,50-,55-;32?,37-,42-,46-,51-/m00/s1. The van der Waals surface area contributed by atoms with Gasteiger partial charge in [0.15, 0.2) is 35.5 Å². The smallest absolute Gasteiger partial charge is 0.416 e. The molecule has 37 nitrogen and oxygen atoms in total. The number of nitrogens with one attached hydrogen (secondary N) is 6. The lowest BCUT2D eigenvalue weighted by atomic mass is 9.95. The predicted octanol–water partition coefficient (Wildman–Crippen LogP) is 12.7. The maximum absolute atomic E-state index is 14.3. The largest absolute Gasteiger partial charge is 0.493 e. The molecule has 10 amide bonds. The van der Waals surface area contributed by atoms with Crippen molar-refractivity contribution in [3.05, 3.63) is 248 Å². The second kappa shape index (κ2) is 49.9. The fourth-order valence-corrected chi connectivity index (χ4v) is 18.0. The molecule has 8 aliphatic heterocycles. The van der Waals surface area contributed by atoms with Crippen LogP contribution in [0.15, 0.2) is 203 Å². The van der Waals surface area contributed by atoms with Crippen LogP contribution in [0.25, 0.3) is 0 Å². The van der Waals surface area contributed by atoms with Crippen LogP contribution in [0.2, 0.25) is 0 Å². The Hall–Kier alpha value is -14.5. The van der Waals surface area contributed by atoms with Gasteiger partial charge in [-0.05, 0) is 173 Å². The number of nitrogens with two attached hydrogens (primary N) is 1. The maximum Gasteiger partial charge on any atom is 0.416 e. The Bertz CT molecular complexity index is 6280. The number of Topliss-reactive ketones (excluding diaryl/α,β-unsaturated/α-hetero) is 2. The SMILES string of the molecule is C/C=C/C1=CN2C(=O)c3cc(C)c(OCCCOc4cc5c(cc4OC)C(=O)N4C=C(/C=C/C)C[C@H]4[C@H](O)N5C(=O)OCc4ccc(CNC(C)C(=O)C(=O)[C@@H](NNC(=O)CNC(=O)CI)C(C)C)cc4)cc3N=C[C@@H]2C1.C/C=C/C1=CN2C(=O)c3cc(C)c(OCCCOc4cc5c(cc4OC)C(=O)N4C=C(/C=C/C)C[C@H]4[C@H](O)N5C(=O)OCc4ccc(CNC(C)C(=O)N[C@H](C(N)=O)C(C)C)cc4)cc3N=C[C@@H]2C1. The number of aliphatic hydroxyl groups excluding tert-OH is 2. The van der Waals surface area contributed by atoms with Crippen molar-refractivity contribution in [3.8, 4) is 34.5 Å². The van der Waals surface area contributed by atoms with Crippen molar-refractivity contribution in [1.29, 1.82) is 0 Å². The average Bonchev–Trinajstić information content (AvgIpc) is 1.60. The number of halogens is 1. The summed E-state index contributed by atoms with van der Waals surface area (Å²) < 4.78 is 48.0. The number of benzene rings is 6. The molecule has 0 bridgehead atoms. The van der Waals surface area contributed by atoms with Crippen molar-refractivity contribution in [2.75, 3.05) is 61.4 Å². The number of anilines is 2. The average molecular weight is 2110 g/mol. The first-order valence-corrected chi connectivity index (χ1v) is 50.0. The molecule has 0 radical (unpaired) electrons. The Morgan fingerprint density at radius 1 is 0.473 bits per heavy atom. The quantitative estimate of drug-likeness (QED) is 0.00566. The minimum absolute atomic E-state index is 0.0561. The first-order valence-electron chi connectivity index (χ1n) is 48.5. The Morgan fingerprint density at radius 2 is 0.856 bits per heavy atom. The first kappa shape index (κ1) is 109. The van der Waals surface area contributed by atoms with Gasteiger partial charge >= 0.3 is 12.2 Å². The van der Waals surface area contributed by atoms with Gasteiger partial charge in [-0.25, -0.2) is 24.8 Å². The molecule has 0 aromatic heterocycles. The molecule has 146 heavy (non-hydrogen) atoms. The van der Waals surface area contributed by atoms with Gasteiger partial charge in [0.25, 0.3) is 29.5 Å². The van der Waals surface area contributed by atoms with E-state index in [2.05, 4.69) is 42.1 Å². The zero-order valence-corrected chi connectivity index (χ0v) is 86.3. The van der Waals surface area contributed by atoms with Crippen molar-refractivity contribution >= 4 is 129 Å². The van der Waals surface area contributed by atoms with Gasteiger partial charge in [0.05, 0.1) is 139 Å². The van der Waals surface area contributed by atoms with E-state index in [1.165, 1.54) is 48.3 Å². The number of aliphatic imine (C=N–C) groups is 2. The van der Waals surface area contributed by atoms with Gasteiger partial charge in [0.1, 0.15) is 30.8 Å². The van der Waals surface area contributed by atoms with Crippen molar-refractivity contribution in [2.45, 2.75) is 209 Å². The van der Waals surface area contributed by atoms with Crippen molar-refractivity contribution < 1.29 is 106 Å². The highest BCUT2D eigenvalue weighted by Crippen LogP contribution is 2.46. The van der Waals surface area contributed by atoms with Crippen LogP contribution in [0, 0.1) is 25.7 Å². The molecule has 0 spiro atoms. The number of fused-ring (bicyclic) bond motifs is 8. The highest BCUT2D eigenvalue weighted by Gasteiger charge is 2.49. The minimum atomic E-state index is -1.54. The van der Waals surface area contributed by atoms with Gasteiger partial charge in [-0.15, -0.1) is 0 Å². The fourth-order valence-electron chi connectivity index (χ4n) is 17.8. The first-order chi connectivity index (χ1) is 70.1. The Balaban J connectivity index is 0.000000246. The van der Waals surface area contributed by atoms with Gasteiger partial charge in [0.2, 0.25) is 29.3 Å². The fraction of sp³-hybridized carbons (Fsp3) is 0.389. The van der Waals surface area contributed by atoms with Gasteiger partial charge in [-0.3, -0.25) is 63.4 Å². The van der Waals surface area contributed by atoms with Crippen molar-refractivity contribution in [1.82, 2.24) is 51.7 Å². The number of nitrogens with zero attached hydrogens (tertiary/aromatic N) is 8. The topological polar surface area (TPSA) is 462 Å². The number of allylic oxidation sites excluding steroid dienone is 8. The number of rotatable bonds is 41. The second-order valence-electron chi connectivity index (χ2n) is 36.9. The van der Waals surface area contributed by atoms with Gasteiger partial charge in [-0.1, -0.05) is 147 Å². The number of amides is 10. The zero-order valence-electron chi connectivity index (χ0n) is 84.2. The van der Waals surface area contributed by atoms with E-state index in [4.69, 9.17) is 43.6 Å². The molecule has 10 N–H and O–H groups in total. The van der Waals surface area contributed by atoms with E-state index in [0.29, 0.717) is 77.4 Å². The number of hydrogen-bond donors (Lipinski definition) is 9. The summed E-state index contributed by atoms with van der Waals surface area (Å²) in [6.07, 6.45) is 23.9. The number of carbonyl (C=O) groups excluding carboxylic acids is 12. The van der Waals surface area contributed by atoms with E-state index in [0.717, 1.165) is 54.3 Å². The third-order valence-electron chi connectivity index (χ3n) is 25.6. The molecule has 10 atom stereocenters. The molecule has 2 unspecified atom stereocenters. The second-order valence-corrected chi connectivity index (χ2v) is 37.7. The van der Waals surface area contributed by atoms with E-state index in [-0.39, 0.29) is 163 Å². The molecule has 14 rings (SSSR count). The zero-order chi connectivity index (χ0) is 105. The number of ketones is 2. The number of ether oxygens (including phenoxy) is 8. The van der Waals surface area contributed by atoms with Crippen molar-refractivity contribution in [3.63, 3.8) is 0 Å². The summed E-state index contributed by atoms with van der Waals surface area (Å²) in [5.41, 5.74) is 21.0. The highest BCUT2D eigenvalue weighted by molar-refractivity contribution is 14.1. The van der Waals surface area contributed by atoms with E-state index in [9.17, 15) is 67.7 Å². The summed E-state index contributed by atoms with van der Waals surface area (Å²) in [6.45, 7) is 22.3. The number of aryl methyl sites for hydroxylation is 2. The maximum atomic E-state index is 14.3. The normalized spacial score (nSPS) is 18.8. The number of hydrogen-bond acceptors (Lipinski definition) is 27. The summed E-state index contributed by atoms with van der Waals surface area (Å²) in [7, 11) is 2.89. The molecule has 6 aromatic carbocycles. The van der Waals surface area contributed by atoms with E-state index in [1.54, 1.807) is 137 Å². The Kier molecular flexibility index (Phi) is 37.2. The lowest BCUT2D eigenvalue weighted by Gasteiger charge is -2.31. The van der Waals surface area contributed by atoms with Crippen LogP contribution >= 0.6 is 22.6 Å². The molecule has 0 fully saturated rings. The van der Waals surface area contributed by atoms with E-state index in [1.807, 2.05) is 137 Å². The van der Waals surface area contributed by atoms with Crippen LogP contribution in [0.4, 0.5) is 32.3 Å². The number of methoxy groups -OCH3 is 2. The number of alkyl halides is 1. The van der Waals surface area contributed by atoms with E-state index >= 15 is 0 Å². The van der Waals surface area contributed by atoms with E-state index < -0.39 is 96.1 Å². The van der Waals surface area contributed by atoms with Crippen LogP contribution in [-0.4, -0.2) is 226 Å². The third kappa shape index (κ3) is 25.9. The molecule has 0 saturated heterocycles. The number of aliphatic hydroxyl groups is 2. The number of hydrazine groups is 1. The Morgan fingerprint density at radius 3 is 1.25 bits per heavy atom. The molecule has 0 saturated carbocycles. The monoisotopic (exact) mass is 2110 g/mol. The highest BCUT2D eigenvalue weighted by atomic mass is 127. The molecular formula is C108H126IN15O22. The van der Waals surface area contributed by atoms with Crippen LogP contribution in [0.5, 0.6) is 34.5 Å². The predicted molar refractivity (Wildman–Crippen MR) is 556 cm³/mol. The molecular weight excluding hydrogens is 1990 g/mol. The molecule has 0 aliphatic carbocycles. The summed E-state index contributed by atoms with van der Waals surface area (Å²) in [5, 5.41) is 35.4. The minimum Gasteiger partial charge on any atom is -0.493 e. The molecule has 6 aromatic rings. The summed E-state index contributed by atoms with van der Waals surface area (Å²) in [5.74, 6) is -2.85. The van der Waals surface area contributed by atoms with Crippen LogP contribution in [0.1, 0.15) is 183 Å². The molecule has 38 heteroatoms. The van der Waals surface area contributed by atoms with Gasteiger partial charge in [-0.2, -0.15) is 0 Å². The Labute approximate surface area is 861 Å².